The number of benzene rings is 1. The third-order valence-electron chi connectivity index (χ3n) is 3.47. The van der Waals surface area contributed by atoms with Gasteiger partial charge in [-0.25, -0.2) is 0 Å². The molecule has 2 nitrogen and oxygen atoms in total. The standard InChI is InChI=1S/C14H21NO.C2H6/c1-16-12-11-15-9-7-14(8-10-15)13-5-3-2-4-6-13;1-2/h2-6,14H,7-12H2,1H3;1-2H3. The van der Waals surface area contributed by atoms with Crippen molar-refractivity contribution in [3.05, 3.63) is 35.9 Å². The van der Waals surface area contributed by atoms with Crippen molar-refractivity contribution in [2.75, 3.05) is 33.4 Å². The quantitative estimate of drug-likeness (QED) is 0.809. The summed E-state index contributed by atoms with van der Waals surface area (Å²) in [7, 11) is 1.77. The molecule has 0 N–H and O–H groups in total. The number of ether oxygens (including phenoxy) is 1. The molecule has 0 saturated carbocycles. The zero-order valence-electron chi connectivity index (χ0n) is 12.1. The summed E-state index contributed by atoms with van der Waals surface area (Å²) in [4.78, 5) is 2.50. The monoisotopic (exact) mass is 249 g/mol. The van der Waals surface area contributed by atoms with E-state index in [0.29, 0.717) is 0 Å². The average molecular weight is 249 g/mol. The third kappa shape index (κ3) is 4.79. The molecule has 1 heterocycles. The van der Waals surface area contributed by atoms with Crippen molar-refractivity contribution >= 4 is 0 Å². The summed E-state index contributed by atoms with van der Waals surface area (Å²) in [6.45, 7) is 8.36. The van der Waals surface area contributed by atoms with Gasteiger partial charge in [-0.1, -0.05) is 44.2 Å². The molecule has 18 heavy (non-hydrogen) atoms. The van der Waals surface area contributed by atoms with Gasteiger partial charge in [0, 0.05) is 13.7 Å². The van der Waals surface area contributed by atoms with Crippen LogP contribution in [-0.2, 0) is 4.74 Å². The van der Waals surface area contributed by atoms with E-state index < -0.39 is 0 Å². The highest BCUT2D eigenvalue weighted by Gasteiger charge is 2.19. The molecule has 0 aliphatic carbocycles. The second-order valence-electron chi connectivity index (χ2n) is 4.52. The molecule has 0 atom stereocenters. The Labute approximate surface area is 112 Å². The molecule has 2 heteroatoms. The molecular formula is C16H27NO. The highest BCUT2D eigenvalue weighted by Crippen LogP contribution is 2.27. The molecule has 0 aromatic heterocycles. The first-order valence-corrected chi connectivity index (χ1v) is 7.16. The van der Waals surface area contributed by atoms with Gasteiger partial charge in [0.15, 0.2) is 0 Å². The summed E-state index contributed by atoms with van der Waals surface area (Å²) >= 11 is 0. The van der Waals surface area contributed by atoms with E-state index in [2.05, 4.69) is 35.2 Å². The fraction of sp³-hybridized carbons (Fsp3) is 0.625. The predicted molar refractivity (Wildman–Crippen MR) is 78.1 cm³/mol. The molecule has 0 bridgehead atoms. The van der Waals surface area contributed by atoms with Crippen molar-refractivity contribution in [2.24, 2.45) is 0 Å². The second-order valence-corrected chi connectivity index (χ2v) is 4.52. The first-order valence-electron chi connectivity index (χ1n) is 7.16. The van der Waals surface area contributed by atoms with Crippen LogP contribution in [0, 0.1) is 0 Å². The number of likely N-dealkylation sites (tertiary alicyclic amines) is 1. The Morgan fingerprint density at radius 1 is 1.11 bits per heavy atom. The van der Waals surface area contributed by atoms with Crippen LogP contribution in [0.15, 0.2) is 30.3 Å². The fourth-order valence-corrected chi connectivity index (χ4v) is 2.44. The first-order chi connectivity index (χ1) is 8.90. The van der Waals surface area contributed by atoms with Crippen LogP contribution in [0.5, 0.6) is 0 Å². The van der Waals surface area contributed by atoms with E-state index in [-0.39, 0.29) is 0 Å². The lowest BCUT2D eigenvalue weighted by molar-refractivity contribution is 0.130. The summed E-state index contributed by atoms with van der Waals surface area (Å²) in [5.74, 6) is 0.764. The van der Waals surface area contributed by atoms with Crippen LogP contribution >= 0.6 is 0 Å². The van der Waals surface area contributed by atoms with Crippen molar-refractivity contribution < 1.29 is 4.74 Å². The zero-order chi connectivity index (χ0) is 13.2. The molecule has 1 aliphatic heterocycles. The number of hydrogen-bond donors (Lipinski definition) is 0. The molecule has 0 amide bonds. The predicted octanol–water partition coefficient (Wildman–Crippen LogP) is 3.54. The molecule has 1 aromatic rings. The van der Waals surface area contributed by atoms with Gasteiger partial charge in [0.2, 0.25) is 0 Å². The van der Waals surface area contributed by atoms with Gasteiger partial charge in [-0.3, -0.25) is 0 Å². The number of methoxy groups -OCH3 is 1. The maximum absolute atomic E-state index is 5.11. The normalized spacial score (nSPS) is 17.1. The van der Waals surface area contributed by atoms with E-state index in [1.54, 1.807) is 7.11 Å². The molecule has 102 valence electrons. The van der Waals surface area contributed by atoms with Crippen molar-refractivity contribution in [2.45, 2.75) is 32.6 Å². The molecule has 1 fully saturated rings. The molecule has 2 rings (SSSR count). The van der Waals surface area contributed by atoms with Crippen LogP contribution in [0.2, 0.25) is 0 Å². The maximum Gasteiger partial charge on any atom is 0.0589 e. The van der Waals surface area contributed by atoms with Gasteiger partial charge in [-0.05, 0) is 37.4 Å². The Morgan fingerprint density at radius 3 is 2.28 bits per heavy atom. The summed E-state index contributed by atoms with van der Waals surface area (Å²) in [5.41, 5.74) is 1.51. The van der Waals surface area contributed by atoms with Gasteiger partial charge in [0.05, 0.1) is 6.61 Å². The summed E-state index contributed by atoms with van der Waals surface area (Å²) in [5, 5.41) is 0. The van der Waals surface area contributed by atoms with Crippen LogP contribution in [-0.4, -0.2) is 38.3 Å². The minimum atomic E-state index is 0.764. The molecule has 1 aromatic carbocycles. The number of hydrogen-bond acceptors (Lipinski definition) is 2. The number of piperidine rings is 1. The Balaban J connectivity index is 0.000000771. The van der Waals surface area contributed by atoms with Gasteiger partial charge in [-0.2, -0.15) is 0 Å². The fourth-order valence-electron chi connectivity index (χ4n) is 2.44. The molecule has 0 radical (unpaired) electrons. The molecule has 1 aliphatic rings. The Bertz CT molecular complexity index is 291. The second kappa shape index (κ2) is 9.12. The SMILES string of the molecule is CC.COCCN1CCC(c2ccccc2)CC1. The van der Waals surface area contributed by atoms with Crippen LogP contribution in [0.25, 0.3) is 0 Å². The van der Waals surface area contributed by atoms with E-state index in [0.717, 1.165) is 19.1 Å². The molecule has 0 spiro atoms. The lowest BCUT2D eigenvalue weighted by Gasteiger charge is -2.31. The van der Waals surface area contributed by atoms with Crippen molar-refractivity contribution in [1.82, 2.24) is 4.90 Å². The van der Waals surface area contributed by atoms with Crippen LogP contribution in [0.3, 0.4) is 0 Å². The Kier molecular flexibility index (Phi) is 7.70. The van der Waals surface area contributed by atoms with E-state index in [4.69, 9.17) is 4.74 Å². The van der Waals surface area contributed by atoms with Gasteiger partial charge in [0.25, 0.3) is 0 Å². The van der Waals surface area contributed by atoms with E-state index in [1.807, 2.05) is 13.8 Å². The van der Waals surface area contributed by atoms with Crippen molar-refractivity contribution in [3.8, 4) is 0 Å². The van der Waals surface area contributed by atoms with Crippen LogP contribution in [0.4, 0.5) is 0 Å². The minimum Gasteiger partial charge on any atom is -0.383 e. The van der Waals surface area contributed by atoms with Gasteiger partial charge < -0.3 is 9.64 Å². The topological polar surface area (TPSA) is 12.5 Å². The zero-order valence-corrected chi connectivity index (χ0v) is 12.1. The minimum absolute atomic E-state index is 0.764. The molecule has 1 saturated heterocycles. The van der Waals surface area contributed by atoms with Gasteiger partial charge >= 0.3 is 0 Å². The van der Waals surface area contributed by atoms with Crippen LogP contribution in [0.1, 0.15) is 38.2 Å². The van der Waals surface area contributed by atoms with Crippen molar-refractivity contribution in [1.29, 1.82) is 0 Å². The Hall–Kier alpha value is -0.860. The third-order valence-corrected chi connectivity index (χ3v) is 3.47. The first kappa shape index (κ1) is 15.2. The highest BCUT2D eigenvalue weighted by atomic mass is 16.5. The average Bonchev–Trinajstić information content (AvgIpc) is 2.49. The van der Waals surface area contributed by atoms with Gasteiger partial charge in [0.1, 0.15) is 0 Å². The van der Waals surface area contributed by atoms with E-state index >= 15 is 0 Å². The van der Waals surface area contributed by atoms with E-state index in [9.17, 15) is 0 Å². The summed E-state index contributed by atoms with van der Waals surface area (Å²) in [6.07, 6.45) is 2.57. The molecule has 0 unspecified atom stereocenters. The maximum atomic E-state index is 5.11. The summed E-state index contributed by atoms with van der Waals surface area (Å²) in [6, 6.07) is 10.9. The Morgan fingerprint density at radius 2 is 1.72 bits per heavy atom. The smallest absolute Gasteiger partial charge is 0.0589 e. The largest absolute Gasteiger partial charge is 0.383 e. The van der Waals surface area contributed by atoms with Crippen molar-refractivity contribution in [3.63, 3.8) is 0 Å². The molecular weight excluding hydrogens is 222 g/mol. The van der Waals surface area contributed by atoms with Crippen LogP contribution < -0.4 is 0 Å². The number of nitrogens with zero attached hydrogens (tertiary/aromatic N) is 1. The summed E-state index contributed by atoms with van der Waals surface area (Å²) < 4.78 is 5.11. The lowest BCUT2D eigenvalue weighted by Crippen LogP contribution is -2.35. The lowest BCUT2D eigenvalue weighted by atomic mass is 9.89. The number of rotatable bonds is 4. The van der Waals surface area contributed by atoms with E-state index in [1.165, 1.54) is 31.5 Å². The van der Waals surface area contributed by atoms with Gasteiger partial charge in [-0.15, -0.1) is 0 Å². The highest BCUT2D eigenvalue weighted by molar-refractivity contribution is 5.19.